The number of benzene rings is 3. The minimum Gasteiger partial charge on any atom is -0.490 e. The third-order valence-electron chi connectivity index (χ3n) is 8.25. The standard InChI is InChI=1S/C38H35Cl2N3O6S/c1-6-47-32-15-9-25(18-33(32)48-7-2)35-29(37(45)46-5)20-41-38-43(35)36(44)34(50-38)19-26-16-22(3)42(23(26)4)27-10-12-28(13-11-27)49-21-24-8-14-30(39)31(40)17-24/h8-20,35H,6-7,21H2,1-5H3/b34-19+/t35-/m0/s1. The third-order valence-corrected chi connectivity index (χ3v) is 9.99. The zero-order valence-corrected chi connectivity index (χ0v) is 30.5. The molecule has 1 aliphatic rings. The number of methoxy groups -OCH3 is 1. The van der Waals surface area contributed by atoms with E-state index >= 15 is 0 Å². The van der Waals surface area contributed by atoms with Gasteiger partial charge in [0.1, 0.15) is 12.4 Å². The van der Waals surface area contributed by atoms with Gasteiger partial charge in [-0.05, 0) is 105 Å². The van der Waals surface area contributed by atoms with Crippen LogP contribution in [0.3, 0.4) is 0 Å². The summed E-state index contributed by atoms with van der Waals surface area (Å²) < 4.78 is 26.8. The first kappa shape index (κ1) is 35.1. The number of thiazole rings is 1. The van der Waals surface area contributed by atoms with Gasteiger partial charge in [-0.15, -0.1) is 0 Å². The molecule has 2 aromatic heterocycles. The highest BCUT2D eigenvalue weighted by Gasteiger charge is 2.31. The van der Waals surface area contributed by atoms with E-state index in [0.29, 0.717) is 62.0 Å². The summed E-state index contributed by atoms with van der Waals surface area (Å²) in [6.07, 6.45) is 3.35. The zero-order valence-electron chi connectivity index (χ0n) is 28.2. The van der Waals surface area contributed by atoms with E-state index in [1.54, 1.807) is 28.8 Å². The van der Waals surface area contributed by atoms with Crippen molar-refractivity contribution in [3.63, 3.8) is 0 Å². The molecule has 1 atom stereocenters. The lowest BCUT2D eigenvalue weighted by atomic mass is 9.97. The van der Waals surface area contributed by atoms with Crippen LogP contribution in [0.1, 0.15) is 48.0 Å². The topological polar surface area (TPSA) is 93.3 Å². The first-order chi connectivity index (χ1) is 24.1. The van der Waals surface area contributed by atoms with Gasteiger partial charge in [-0.1, -0.05) is 46.7 Å². The summed E-state index contributed by atoms with van der Waals surface area (Å²) in [5.74, 6) is 1.24. The highest BCUT2D eigenvalue weighted by molar-refractivity contribution is 7.07. The average molecular weight is 733 g/mol. The number of fused-ring (bicyclic) bond motifs is 1. The molecule has 0 N–H and O–H groups in total. The molecular formula is C38H35Cl2N3O6S. The van der Waals surface area contributed by atoms with E-state index < -0.39 is 12.0 Å². The summed E-state index contributed by atoms with van der Waals surface area (Å²) >= 11 is 13.4. The van der Waals surface area contributed by atoms with Crippen LogP contribution in [0.15, 0.2) is 88.3 Å². The number of esters is 1. The first-order valence-corrected chi connectivity index (χ1v) is 17.6. The fraction of sp³-hybridized carbons (Fsp3) is 0.237. The number of ether oxygens (including phenoxy) is 4. The molecule has 6 rings (SSSR count). The Morgan fingerprint density at radius 1 is 0.920 bits per heavy atom. The molecule has 50 heavy (non-hydrogen) atoms. The predicted octanol–water partition coefficient (Wildman–Crippen LogP) is 7.11. The van der Waals surface area contributed by atoms with Gasteiger partial charge in [-0.25, -0.2) is 9.79 Å². The summed E-state index contributed by atoms with van der Waals surface area (Å²) in [7, 11) is 1.31. The lowest BCUT2D eigenvalue weighted by Crippen LogP contribution is -2.39. The van der Waals surface area contributed by atoms with Crippen molar-refractivity contribution in [3.05, 3.63) is 136 Å². The van der Waals surface area contributed by atoms with Gasteiger partial charge in [0.05, 0.1) is 46.5 Å². The Kier molecular flexibility index (Phi) is 10.5. The number of hydrogen-bond donors (Lipinski definition) is 0. The molecular weight excluding hydrogens is 697 g/mol. The van der Waals surface area contributed by atoms with E-state index in [4.69, 9.17) is 42.1 Å². The van der Waals surface area contributed by atoms with E-state index in [2.05, 4.69) is 9.56 Å². The number of nitrogens with zero attached hydrogens (tertiary/aromatic N) is 3. The van der Waals surface area contributed by atoms with Gasteiger partial charge in [-0.3, -0.25) is 9.36 Å². The molecule has 0 fully saturated rings. The molecule has 0 amide bonds. The number of aromatic nitrogens is 2. The first-order valence-electron chi connectivity index (χ1n) is 16.0. The molecule has 12 heteroatoms. The number of hydrogen-bond acceptors (Lipinski definition) is 8. The molecule has 258 valence electrons. The minimum absolute atomic E-state index is 0.237. The maximum atomic E-state index is 14.2. The Morgan fingerprint density at radius 2 is 1.66 bits per heavy atom. The summed E-state index contributed by atoms with van der Waals surface area (Å²) in [5.41, 5.74) is 5.33. The molecule has 0 aliphatic carbocycles. The maximum Gasteiger partial charge on any atom is 0.337 e. The quantitative estimate of drug-likeness (QED) is 0.135. The van der Waals surface area contributed by atoms with E-state index in [-0.39, 0.29) is 11.1 Å². The molecule has 0 saturated heterocycles. The van der Waals surface area contributed by atoms with Crippen molar-refractivity contribution in [2.45, 2.75) is 40.3 Å². The normalized spacial score (nSPS) is 14.1. The van der Waals surface area contributed by atoms with Gasteiger partial charge >= 0.3 is 5.97 Å². The largest absolute Gasteiger partial charge is 0.490 e. The van der Waals surface area contributed by atoms with E-state index in [1.165, 1.54) is 24.6 Å². The van der Waals surface area contributed by atoms with Gasteiger partial charge in [0, 0.05) is 23.3 Å². The monoisotopic (exact) mass is 731 g/mol. The average Bonchev–Trinajstić information content (AvgIpc) is 3.58. The van der Waals surface area contributed by atoms with Crippen LogP contribution in [0.4, 0.5) is 0 Å². The highest BCUT2D eigenvalue weighted by atomic mass is 35.5. The van der Waals surface area contributed by atoms with Gasteiger partial charge < -0.3 is 23.5 Å². The van der Waals surface area contributed by atoms with Crippen molar-refractivity contribution in [1.82, 2.24) is 9.13 Å². The SMILES string of the molecule is CCOc1ccc([C@H]2C(C(=O)OC)=CN=c3s/c(=C/c4cc(C)n(-c5ccc(OCc6ccc(Cl)c(Cl)c6)cc5)c4C)c(=O)n32)cc1OCC. The molecule has 0 radical (unpaired) electrons. The van der Waals surface area contributed by atoms with Crippen molar-refractivity contribution in [3.8, 4) is 22.9 Å². The fourth-order valence-corrected chi connectivity index (χ4v) is 7.23. The Morgan fingerprint density at radius 3 is 2.36 bits per heavy atom. The second-order valence-electron chi connectivity index (χ2n) is 11.4. The van der Waals surface area contributed by atoms with Crippen LogP contribution in [0.2, 0.25) is 10.0 Å². The summed E-state index contributed by atoms with van der Waals surface area (Å²) in [6.45, 7) is 9.04. The smallest absolute Gasteiger partial charge is 0.337 e. The lowest BCUT2D eigenvalue weighted by Gasteiger charge is -2.23. The number of rotatable bonds is 11. The molecule has 0 spiro atoms. The second-order valence-corrected chi connectivity index (χ2v) is 13.3. The van der Waals surface area contributed by atoms with Gasteiger partial charge in [0.25, 0.3) is 5.56 Å². The predicted molar refractivity (Wildman–Crippen MR) is 196 cm³/mol. The lowest BCUT2D eigenvalue weighted by molar-refractivity contribution is -0.136. The molecule has 3 heterocycles. The van der Waals surface area contributed by atoms with E-state index in [9.17, 15) is 9.59 Å². The fourth-order valence-electron chi connectivity index (χ4n) is 5.95. The van der Waals surface area contributed by atoms with Crippen molar-refractivity contribution in [2.75, 3.05) is 20.3 Å². The van der Waals surface area contributed by atoms with Crippen LogP contribution >= 0.6 is 34.5 Å². The molecule has 9 nitrogen and oxygen atoms in total. The number of halogens is 2. The Bertz CT molecular complexity index is 2290. The van der Waals surface area contributed by atoms with Crippen molar-refractivity contribution in [2.24, 2.45) is 4.99 Å². The van der Waals surface area contributed by atoms with E-state index in [1.807, 2.05) is 76.2 Å². The molecule has 3 aromatic carbocycles. The maximum absolute atomic E-state index is 14.2. The van der Waals surface area contributed by atoms with Crippen LogP contribution in [-0.4, -0.2) is 35.4 Å². The van der Waals surface area contributed by atoms with Crippen molar-refractivity contribution in [1.29, 1.82) is 0 Å². The Hall–Kier alpha value is -4.77. The zero-order chi connectivity index (χ0) is 35.5. The number of aryl methyl sites for hydroxylation is 1. The number of carbonyl (C=O) groups excluding carboxylic acids is 1. The molecule has 0 bridgehead atoms. The second kappa shape index (κ2) is 15.0. The van der Waals surface area contributed by atoms with Gasteiger partial charge in [-0.2, -0.15) is 0 Å². The highest BCUT2D eigenvalue weighted by Crippen LogP contribution is 2.35. The summed E-state index contributed by atoms with van der Waals surface area (Å²) in [4.78, 5) is 32.1. The minimum atomic E-state index is -0.777. The van der Waals surface area contributed by atoms with Crippen molar-refractivity contribution < 1.29 is 23.7 Å². The molecule has 1 aliphatic heterocycles. The van der Waals surface area contributed by atoms with Gasteiger partial charge in [0.15, 0.2) is 16.3 Å². The van der Waals surface area contributed by atoms with E-state index in [0.717, 1.165) is 28.2 Å². The van der Waals surface area contributed by atoms with Crippen LogP contribution in [0.5, 0.6) is 17.2 Å². The summed E-state index contributed by atoms with van der Waals surface area (Å²) in [5, 5.41) is 0.988. The molecule has 0 saturated carbocycles. The number of carbonyl (C=O) groups is 1. The Balaban J connectivity index is 1.33. The van der Waals surface area contributed by atoms with Crippen molar-refractivity contribution >= 4 is 46.6 Å². The molecule has 5 aromatic rings. The van der Waals surface area contributed by atoms with Crippen LogP contribution < -0.4 is 29.1 Å². The molecule has 0 unspecified atom stereocenters. The van der Waals surface area contributed by atoms with Gasteiger partial charge in [0.2, 0.25) is 0 Å². The van der Waals surface area contributed by atoms with Crippen LogP contribution in [0, 0.1) is 13.8 Å². The van der Waals surface area contributed by atoms with Crippen LogP contribution in [0.25, 0.3) is 11.8 Å². The third kappa shape index (κ3) is 6.96. The summed E-state index contributed by atoms with van der Waals surface area (Å²) in [6, 6.07) is 19.9. The van der Waals surface area contributed by atoms with Crippen LogP contribution in [-0.2, 0) is 16.1 Å². The Labute approximate surface area is 303 Å².